The number of halogens is 1. The summed E-state index contributed by atoms with van der Waals surface area (Å²) in [6.45, 7) is 0. The van der Waals surface area contributed by atoms with E-state index in [4.69, 9.17) is 16.0 Å². The number of benzene rings is 2. The van der Waals surface area contributed by atoms with Crippen molar-refractivity contribution in [3.05, 3.63) is 88.8 Å². The van der Waals surface area contributed by atoms with E-state index in [1.807, 2.05) is 30.3 Å². The van der Waals surface area contributed by atoms with Crippen LogP contribution < -0.4 is 5.32 Å². The molecule has 0 spiro atoms. The summed E-state index contributed by atoms with van der Waals surface area (Å²) >= 11 is 6.18. The van der Waals surface area contributed by atoms with E-state index in [9.17, 15) is 13.2 Å². The Morgan fingerprint density at radius 3 is 2.39 bits per heavy atom. The van der Waals surface area contributed by atoms with Gasteiger partial charge in [0, 0.05) is 14.1 Å². The highest BCUT2D eigenvalue weighted by molar-refractivity contribution is 7.89. The number of furan rings is 1. The summed E-state index contributed by atoms with van der Waals surface area (Å²) in [5.41, 5.74) is 0.885. The monoisotopic (exact) mass is 418 g/mol. The number of hydrogen-bond acceptors (Lipinski definition) is 4. The number of amides is 1. The predicted molar refractivity (Wildman–Crippen MR) is 107 cm³/mol. The van der Waals surface area contributed by atoms with Gasteiger partial charge in [0.25, 0.3) is 5.91 Å². The van der Waals surface area contributed by atoms with Crippen molar-refractivity contribution in [2.24, 2.45) is 0 Å². The molecule has 0 aliphatic carbocycles. The summed E-state index contributed by atoms with van der Waals surface area (Å²) in [7, 11) is -0.852. The molecule has 0 unspecified atom stereocenters. The number of rotatable bonds is 6. The Labute approximate surface area is 168 Å². The van der Waals surface area contributed by atoms with Crippen molar-refractivity contribution in [3.8, 4) is 0 Å². The van der Waals surface area contributed by atoms with Crippen molar-refractivity contribution >= 4 is 27.5 Å². The zero-order valence-electron chi connectivity index (χ0n) is 15.3. The molecular formula is C20H19ClN2O4S. The van der Waals surface area contributed by atoms with Crippen LogP contribution in [0.25, 0.3) is 0 Å². The second kappa shape index (κ2) is 8.18. The van der Waals surface area contributed by atoms with E-state index >= 15 is 0 Å². The molecule has 2 aromatic carbocycles. The predicted octanol–water partition coefficient (Wildman–Crippen LogP) is 3.70. The Kier molecular flexibility index (Phi) is 5.88. The average Bonchev–Trinajstić information content (AvgIpc) is 3.21. The van der Waals surface area contributed by atoms with Gasteiger partial charge in [0.2, 0.25) is 10.0 Å². The molecule has 6 nitrogen and oxygen atoms in total. The molecule has 0 bridgehead atoms. The van der Waals surface area contributed by atoms with Gasteiger partial charge in [-0.1, -0.05) is 41.9 Å². The lowest BCUT2D eigenvalue weighted by molar-refractivity contribution is 0.0939. The van der Waals surface area contributed by atoms with Crippen LogP contribution in [0.5, 0.6) is 0 Å². The lowest BCUT2D eigenvalue weighted by Gasteiger charge is -2.18. The minimum atomic E-state index is -3.70. The van der Waals surface area contributed by atoms with Crippen molar-refractivity contribution in [1.82, 2.24) is 9.62 Å². The van der Waals surface area contributed by atoms with E-state index < -0.39 is 22.0 Å². The van der Waals surface area contributed by atoms with Gasteiger partial charge in [-0.2, -0.15) is 0 Å². The standard InChI is InChI=1S/C20H19ClN2O4S/c1-23(2)28(25,26)15-10-11-17(21)16(13-15)20(24)22-19(18-9-6-12-27-18)14-7-4-3-5-8-14/h3-13,19H,1-2H3,(H,22,24)/t19-/m0/s1. The molecule has 1 amide bonds. The van der Waals surface area contributed by atoms with E-state index in [0.29, 0.717) is 5.76 Å². The maximum atomic E-state index is 12.9. The molecule has 0 saturated heterocycles. The van der Waals surface area contributed by atoms with Crippen LogP contribution >= 0.6 is 11.6 Å². The summed E-state index contributed by atoms with van der Waals surface area (Å²) in [5.74, 6) is 0.0406. The van der Waals surface area contributed by atoms with Gasteiger partial charge >= 0.3 is 0 Å². The van der Waals surface area contributed by atoms with Crippen LogP contribution in [0.2, 0.25) is 5.02 Å². The largest absolute Gasteiger partial charge is 0.467 e. The van der Waals surface area contributed by atoms with E-state index in [2.05, 4.69) is 5.32 Å². The zero-order chi connectivity index (χ0) is 20.3. The smallest absolute Gasteiger partial charge is 0.253 e. The highest BCUT2D eigenvalue weighted by Gasteiger charge is 2.24. The minimum Gasteiger partial charge on any atom is -0.467 e. The summed E-state index contributed by atoms with van der Waals surface area (Å²) in [5, 5.41) is 3.03. The van der Waals surface area contributed by atoms with Gasteiger partial charge in [0.1, 0.15) is 11.8 Å². The van der Waals surface area contributed by atoms with Crippen LogP contribution in [0.3, 0.4) is 0 Å². The summed E-state index contributed by atoms with van der Waals surface area (Å²) < 4.78 is 31.3. The Hall–Kier alpha value is -2.61. The van der Waals surface area contributed by atoms with Crippen molar-refractivity contribution in [2.75, 3.05) is 14.1 Å². The molecule has 0 aliphatic rings. The van der Waals surface area contributed by atoms with Crippen LogP contribution in [-0.4, -0.2) is 32.7 Å². The first kappa shape index (κ1) is 20.1. The molecule has 0 aliphatic heterocycles. The summed E-state index contributed by atoms with van der Waals surface area (Å²) in [6.07, 6.45) is 1.52. The third kappa shape index (κ3) is 4.11. The van der Waals surface area contributed by atoms with Crippen LogP contribution in [0.4, 0.5) is 0 Å². The van der Waals surface area contributed by atoms with Crippen LogP contribution in [-0.2, 0) is 10.0 Å². The Morgan fingerprint density at radius 2 is 1.79 bits per heavy atom. The molecule has 1 heterocycles. The molecule has 146 valence electrons. The van der Waals surface area contributed by atoms with Crippen LogP contribution in [0.15, 0.2) is 76.2 Å². The number of carbonyl (C=O) groups excluding carboxylic acids is 1. The van der Waals surface area contributed by atoms with Gasteiger partial charge in [0.05, 0.1) is 21.7 Å². The first-order valence-electron chi connectivity index (χ1n) is 8.42. The molecule has 3 rings (SSSR count). The molecule has 0 saturated carbocycles. The highest BCUT2D eigenvalue weighted by atomic mass is 35.5. The minimum absolute atomic E-state index is 0.0127. The molecule has 8 heteroatoms. The topological polar surface area (TPSA) is 79.6 Å². The third-order valence-electron chi connectivity index (χ3n) is 4.20. The Bertz CT molecular complexity index is 1060. The number of hydrogen-bond donors (Lipinski definition) is 1. The molecular weight excluding hydrogens is 400 g/mol. The SMILES string of the molecule is CN(C)S(=O)(=O)c1ccc(Cl)c(C(=O)N[C@@H](c2ccccc2)c2ccco2)c1. The second-order valence-corrected chi connectivity index (χ2v) is 8.82. The molecule has 0 fully saturated rings. The molecule has 3 aromatic rings. The van der Waals surface area contributed by atoms with E-state index in [1.165, 1.54) is 38.6 Å². The molecule has 0 radical (unpaired) electrons. The van der Waals surface area contributed by atoms with Crippen LogP contribution in [0.1, 0.15) is 27.7 Å². The van der Waals surface area contributed by atoms with E-state index in [0.717, 1.165) is 9.87 Å². The molecule has 1 aromatic heterocycles. The highest BCUT2D eigenvalue weighted by Crippen LogP contribution is 2.26. The van der Waals surface area contributed by atoms with E-state index in [-0.39, 0.29) is 15.5 Å². The van der Waals surface area contributed by atoms with E-state index in [1.54, 1.807) is 12.1 Å². The fraction of sp³-hybridized carbons (Fsp3) is 0.150. The lowest BCUT2D eigenvalue weighted by atomic mass is 10.0. The normalized spacial score (nSPS) is 12.7. The van der Waals surface area contributed by atoms with Crippen molar-refractivity contribution in [2.45, 2.75) is 10.9 Å². The first-order valence-corrected chi connectivity index (χ1v) is 10.2. The first-order chi connectivity index (χ1) is 13.3. The van der Waals surface area contributed by atoms with Crippen molar-refractivity contribution in [1.29, 1.82) is 0 Å². The molecule has 1 N–H and O–H groups in total. The summed E-state index contributed by atoms with van der Waals surface area (Å²) in [4.78, 5) is 12.9. The summed E-state index contributed by atoms with van der Waals surface area (Å²) in [6, 6.07) is 16.3. The Morgan fingerprint density at radius 1 is 1.07 bits per heavy atom. The van der Waals surface area contributed by atoms with Gasteiger partial charge in [-0.15, -0.1) is 0 Å². The number of nitrogens with one attached hydrogen (secondary N) is 1. The number of sulfonamides is 1. The van der Waals surface area contributed by atoms with Gasteiger partial charge in [-0.3, -0.25) is 4.79 Å². The fourth-order valence-corrected chi connectivity index (χ4v) is 3.81. The maximum Gasteiger partial charge on any atom is 0.253 e. The maximum absolute atomic E-state index is 12.9. The molecule has 1 atom stereocenters. The van der Waals surface area contributed by atoms with Gasteiger partial charge < -0.3 is 9.73 Å². The van der Waals surface area contributed by atoms with Crippen molar-refractivity contribution < 1.29 is 17.6 Å². The van der Waals surface area contributed by atoms with Gasteiger partial charge in [0.15, 0.2) is 0 Å². The fourth-order valence-electron chi connectivity index (χ4n) is 2.68. The molecule has 28 heavy (non-hydrogen) atoms. The number of nitrogens with zero attached hydrogens (tertiary/aromatic N) is 1. The zero-order valence-corrected chi connectivity index (χ0v) is 16.9. The Balaban J connectivity index is 1.97. The average molecular weight is 419 g/mol. The van der Waals surface area contributed by atoms with Gasteiger partial charge in [-0.25, -0.2) is 12.7 Å². The van der Waals surface area contributed by atoms with Crippen LogP contribution in [0, 0.1) is 0 Å². The second-order valence-electron chi connectivity index (χ2n) is 6.26. The lowest BCUT2D eigenvalue weighted by Crippen LogP contribution is -2.30. The van der Waals surface area contributed by atoms with Crippen molar-refractivity contribution in [3.63, 3.8) is 0 Å². The number of carbonyl (C=O) groups is 1. The third-order valence-corrected chi connectivity index (χ3v) is 6.34. The van der Waals surface area contributed by atoms with Gasteiger partial charge in [-0.05, 0) is 35.9 Å². The quantitative estimate of drug-likeness (QED) is 0.661.